The minimum absolute atomic E-state index is 0.106. The summed E-state index contributed by atoms with van der Waals surface area (Å²) in [6, 6.07) is -0.899. The maximum Gasteiger partial charge on any atom is 0.143 e. The molecule has 10 aromatic carbocycles. The van der Waals surface area contributed by atoms with Crippen molar-refractivity contribution in [2.45, 2.75) is 0 Å². The molecule has 11 aromatic rings. The van der Waals surface area contributed by atoms with E-state index in [1.54, 1.807) is 24.3 Å². The fraction of sp³-hybridized carbons (Fsp3) is 0. The summed E-state index contributed by atoms with van der Waals surface area (Å²) in [6.07, 6.45) is 0. The Morgan fingerprint density at radius 3 is 1.32 bits per heavy atom. The molecule has 0 atom stereocenters. The number of furan rings is 1. The lowest BCUT2D eigenvalue weighted by molar-refractivity contribution is 0.673. The van der Waals surface area contributed by atoms with Crippen LogP contribution in [0.25, 0.3) is 88.3 Å². The van der Waals surface area contributed by atoms with E-state index >= 15 is 0 Å². The van der Waals surface area contributed by atoms with E-state index < -0.39 is 213 Å². The van der Waals surface area contributed by atoms with Crippen molar-refractivity contribution in [3.63, 3.8) is 0 Å². The maximum absolute atomic E-state index is 9.64. The van der Waals surface area contributed by atoms with Crippen LogP contribution in [0.3, 0.4) is 0 Å². The lowest BCUT2D eigenvalue weighted by Gasteiger charge is -2.26. The monoisotopic (exact) mass is 791 g/mol. The summed E-state index contributed by atoms with van der Waals surface area (Å²) in [5.74, 6) is 0. The molecule has 282 valence electrons. The van der Waals surface area contributed by atoms with Gasteiger partial charge in [-0.1, -0.05) is 188 Å². The Bertz CT molecular complexity index is 4470. The van der Waals surface area contributed by atoms with Gasteiger partial charge in [-0.2, -0.15) is 0 Å². The molecule has 0 bridgehead atoms. The van der Waals surface area contributed by atoms with E-state index in [4.69, 9.17) is 29.1 Å². The van der Waals surface area contributed by atoms with E-state index in [2.05, 4.69) is 0 Å². The largest absolute Gasteiger partial charge is 0.455 e. The second-order valence-electron chi connectivity index (χ2n) is 13.3. The highest BCUT2D eigenvalue weighted by Crippen LogP contribution is 2.42. The Balaban J connectivity index is 1.15. The predicted molar refractivity (Wildman–Crippen MR) is 253 cm³/mol. The van der Waals surface area contributed by atoms with Crippen molar-refractivity contribution in [2.24, 2.45) is 0 Å². The Labute approximate surface area is 386 Å². The first kappa shape index (κ1) is 17.5. The highest BCUT2D eigenvalue weighted by atomic mass is 16.3. The molecule has 11 rings (SSSR count). The molecule has 1 heterocycles. The maximum atomic E-state index is 9.64. The highest BCUT2D eigenvalue weighted by Gasteiger charge is 2.17. The standard InChI is InChI=1S/C58H39NO/c1-3-10-40(11-4-1)42-18-22-44(23-19-42)46-26-33-50(34-27-46)59(51-35-28-47(29-36-51)45-24-20-43(21-25-45)41-12-5-2-6-13-41)52-37-30-49(31-38-52)53-16-9-17-56-57(53)55-39-32-48-14-7-8-15-54(48)58(55)60-56/h1-39H/i1D,2D,3D,4D,5D,6D,10D,11D,12D,13D,18D,19D,20D,21D,22D,23D,24D,25D,26D,27D,28D,29D,33D,34D,35D,36D. The fourth-order valence-electron chi connectivity index (χ4n) is 6.91. The third-order valence-corrected chi connectivity index (χ3v) is 9.74. The molecule has 1 aromatic heterocycles. The van der Waals surface area contributed by atoms with Crippen molar-refractivity contribution in [3.8, 4) is 55.6 Å². The Morgan fingerprint density at radius 1 is 0.333 bits per heavy atom. The van der Waals surface area contributed by atoms with Crippen LogP contribution in [-0.2, 0) is 0 Å². The zero-order chi connectivity index (χ0) is 62.5. The lowest BCUT2D eigenvalue weighted by Crippen LogP contribution is -2.09. The number of rotatable bonds is 8. The number of benzene rings is 10. The predicted octanol–water partition coefficient (Wildman–Crippen LogP) is 16.5. The molecule has 0 unspecified atom stereocenters. The van der Waals surface area contributed by atoms with Crippen LogP contribution in [0, 0.1) is 0 Å². The highest BCUT2D eigenvalue weighted by molar-refractivity contribution is 6.19. The van der Waals surface area contributed by atoms with E-state index in [0.717, 1.165) is 26.4 Å². The minimum atomic E-state index is -1.00. The summed E-state index contributed by atoms with van der Waals surface area (Å²) >= 11 is 0. The smallest absolute Gasteiger partial charge is 0.143 e. The molecule has 2 heteroatoms. The second-order valence-corrected chi connectivity index (χ2v) is 13.3. The first-order valence-electron chi connectivity index (χ1n) is 31.4. The zero-order valence-electron chi connectivity index (χ0n) is 56.9. The van der Waals surface area contributed by atoms with Crippen molar-refractivity contribution in [3.05, 3.63) is 236 Å². The van der Waals surface area contributed by atoms with Gasteiger partial charge in [0.05, 0.1) is 35.6 Å². The van der Waals surface area contributed by atoms with E-state index in [-0.39, 0.29) is 5.69 Å². The lowest BCUT2D eigenvalue weighted by atomic mass is 9.97. The summed E-state index contributed by atoms with van der Waals surface area (Å²) in [5, 5.41) is 3.31. The molecule has 0 amide bonds. The number of anilines is 3. The number of hydrogen-bond acceptors (Lipinski definition) is 2. The molecule has 60 heavy (non-hydrogen) atoms. The molecule has 0 aliphatic carbocycles. The van der Waals surface area contributed by atoms with Crippen LogP contribution in [0.4, 0.5) is 17.1 Å². The van der Waals surface area contributed by atoms with E-state index in [1.165, 1.54) is 12.1 Å². The third kappa shape index (κ3) is 6.51. The van der Waals surface area contributed by atoms with Gasteiger partial charge in [0.15, 0.2) is 0 Å². The van der Waals surface area contributed by atoms with Gasteiger partial charge in [0.25, 0.3) is 0 Å². The molecule has 0 saturated heterocycles. The summed E-state index contributed by atoms with van der Waals surface area (Å²) in [7, 11) is 0. The Morgan fingerprint density at radius 2 is 0.800 bits per heavy atom. The quantitative estimate of drug-likeness (QED) is 0.152. The fourth-order valence-corrected chi connectivity index (χ4v) is 6.91. The number of fused-ring (bicyclic) bond motifs is 5. The van der Waals surface area contributed by atoms with Crippen LogP contribution in [0.1, 0.15) is 35.6 Å². The molecule has 0 aliphatic heterocycles. The van der Waals surface area contributed by atoms with Crippen molar-refractivity contribution in [1.82, 2.24) is 0 Å². The van der Waals surface area contributed by atoms with Crippen LogP contribution >= 0.6 is 0 Å². The van der Waals surface area contributed by atoms with Crippen molar-refractivity contribution in [1.29, 1.82) is 0 Å². The van der Waals surface area contributed by atoms with Crippen molar-refractivity contribution in [2.75, 3.05) is 4.90 Å². The Kier molecular flexibility index (Phi) is 4.40. The van der Waals surface area contributed by atoms with Crippen LogP contribution < -0.4 is 4.90 Å². The summed E-state index contributed by atoms with van der Waals surface area (Å²) in [4.78, 5) is 0.895. The molecule has 0 radical (unpaired) electrons. The van der Waals surface area contributed by atoms with Gasteiger partial charge in [0.1, 0.15) is 11.2 Å². The molecule has 2 nitrogen and oxygen atoms in total. The van der Waals surface area contributed by atoms with Crippen LogP contribution in [0.5, 0.6) is 0 Å². The molecule has 0 N–H and O–H groups in total. The molecule has 0 fully saturated rings. The second kappa shape index (κ2) is 15.1. The van der Waals surface area contributed by atoms with Crippen molar-refractivity contribution < 1.29 is 40.1 Å². The van der Waals surface area contributed by atoms with Gasteiger partial charge in [-0.15, -0.1) is 0 Å². The molecular formula is C58H39NO. The average molecular weight is 792 g/mol. The minimum Gasteiger partial charge on any atom is -0.455 e. The first-order chi connectivity index (χ1) is 40.6. The van der Waals surface area contributed by atoms with Crippen LogP contribution in [-0.4, -0.2) is 0 Å². The van der Waals surface area contributed by atoms with E-state index in [9.17, 15) is 11.0 Å². The molecule has 0 spiro atoms. The van der Waals surface area contributed by atoms with Crippen molar-refractivity contribution >= 4 is 49.8 Å². The summed E-state index contributed by atoms with van der Waals surface area (Å²) in [5.41, 5.74) is -5.08. The van der Waals surface area contributed by atoms with E-state index in [0.29, 0.717) is 22.3 Å². The van der Waals surface area contributed by atoms with Gasteiger partial charge in [-0.3, -0.25) is 0 Å². The Hall–Kier alpha value is -7.94. The molecule has 0 saturated carbocycles. The SMILES string of the molecule is [2H]c1c([2H])c([2H])c(-c2c([2H])c([2H])c(-c3c([2H])c([2H])c(N(c4ccc(-c5cccc6oc7c8ccccc8ccc7c56)cc4)c4c([2H])c([2H])c(-c5c([2H])c([2H])c(-c6c([2H])c([2H])c([2H])c([2H])c6[2H])c([2H])c5[2H])c([2H])c4[2H])c([2H])c3[2H])c([2H])c2[2H])c([2H])c1[2H]. The van der Waals surface area contributed by atoms with Gasteiger partial charge < -0.3 is 9.32 Å². The topological polar surface area (TPSA) is 16.4 Å². The first-order valence-corrected chi connectivity index (χ1v) is 18.4. The van der Waals surface area contributed by atoms with Crippen LogP contribution in [0.2, 0.25) is 0 Å². The number of nitrogens with zero attached hydrogens (tertiary/aromatic N) is 1. The van der Waals surface area contributed by atoms with Gasteiger partial charge in [0.2, 0.25) is 0 Å². The average Bonchev–Trinajstić information content (AvgIpc) is 0.854. The van der Waals surface area contributed by atoms with Gasteiger partial charge >= 0.3 is 0 Å². The van der Waals surface area contributed by atoms with Gasteiger partial charge in [-0.25, -0.2) is 0 Å². The normalized spacial score (nSPS) is 17.4. The summed E-state index contributed by atoms with van der Waals surface area (Å²) in [6.45, 7) is 0. The van der Waals surface area contributed by atoms with E-state index in [1.807, 2.05) is 42.5 Å². The summed E-state index contributed by atoms with van der Waals surface area (Å²) < 4.78 is 238. The van der Waals surface area contributed by atoms with Crippen LogP contribution in [0.15, 0.2) is 240 Å². The zero-order valence-corrected chi connectivity index (χ0v) is 30.9. The molecule has 0 aliphatic rings. The third-order valence-electron chi connectivity index (χ3n) is 9.74. The van der Waals surface area contributed by atoms with Gasteiger partial charge in [-0.05, 0) is 109 Å². The van der Waals surface area contributed by atoms with Gasteiger partial charge in [0, 0.05) is 33.2 Å². The molecular weight excluding hydrogens is 727 g/mol. The number of hydrogen-bond donors (Lipinski definition) is 0.